The van der Waals surface area contributed by atoms with Gasteiger partial charge in [-0.25, -0.2) is 0 Å². The summed E-state index contributed by atoms with van der Waals surface area (Å²) in [5, 5.41) is 0. The Morgan fingerprint density at radius 3 is 1.94 bits per heavy atom. The Morgan fingerprint density at radius 2 is 1.39 bits per heavy atom. The van der Waals surface area contributed by atoms with Gasteiger partial charge in [0.2, 0.25) is 0 Å². The number of hydrogen-bond acceptors (Lipinski definition) is 1. The van der Waals surface area contributed by atoms with E-state index in [0.717, 1.165) is 0 Å². The van der Waals surface area contributed by atoms with Gasteiger partial charge >= 0.3 is 0 Å². The van der Waals surface area contributed by atoms with Crippen molar-refractivity contribution >= 4 is 0 Å². The highest BCUT2D eigenvalue weighted by Crippen LogP contribution is 2.31. The quantitative estimate of drug-likeness (QED) is 0.857. The van der Waals surface area contributed by atoms with Gasteiger partial charge in [0.05, 0.1) is 0 Å². The second-order valence-corrected chi connectivity index (χ2v) is 5.03. The van der Waals surface area contributed by atoms with Crippen molar-refractivity contribution in [2.45, 2.75) is 32.7 Å². The van der Waals surface area contributed by atoms with Gasteiger partial charge < -0.3 is 5.73 Å². The highest BCUT2D eigenvalue weighted by molar-refractivity contribution is 5.38. The molecular formula is C17H21N. The molecule has 0 aliphatic heterocycles. The third-order valence-electron chi connectivity index (χ3n) is 3.74. The minimum Gasteiger partial charge on any atom is -0.323 e. The van der Waals surface area contributed by atoms with Gasteiger partial charge in [0.25, 0.3) is 0 Å². The van der Waals surface area contributed by atoms with Gasteiger partial charge in [-0.2, -0.15) is 0 Å². The van der Waals surface area contributed by atoms with E-state index < -0.39 is 0 Å². The van der Waals surface area contributed by atoms with Crippen LogP contribution in [-0.4, -0.2) is 0 Å². The first-order chi connectivity index (χ1) is 8.61. The van der Waals surface area contributed by atoms with Crippen molar-refractivity contribution in [3.8, 4) is 0 Å². The molecule has 0 bridgehead atoms. The minimum absolute atomic E-state index is 0.0496. The molecule has 2 N–H and O–H groups in total. The van der Waals surface area contributed by atoms with E-state index in [1.165, 1.54) is 22.3 Å². The van der Waals surface area contributed by atoms with Gasteiger partial charge in [0, 0.05) is 12.0 Å². The van der Waals surface area contributed by atoms with Crippen LogP contribution < -0.4 is 5.73 Å². The predicted octanol–water partition coefficient (Wildman–Crippen LogP) is 4.11. The highest BCUT2D eigenvalue weighted by Gasteiger charge is 2.19. The lowest BCUT2D eigenvalue weighted by Crippen LogP contribution is -2.19. The number of benzene rings is 2. The molecule has 2 atom stereocenters. The topological polar surface area (TPSA) is 26.0 Å². The van der Waals surface area contributed by atoms with Crippen molar-refractivity contribution in [1.29, 1.82) is 0 Å². The molecule has 0 spiro atoms. The van der Waals surface area contributed by atoms with Crippen molar-refractivity contribution in [3.63, 3.8) is 0 Å². The molecule has 2 unspecified atom stereocenters. The van der Waals surface area contributed by atoms with Crippen LogP contribution in [0.15, 0.2) is 48.5 Å². The third kappa shape index (κ3) is 2.46. The monoisotopic (exact) mass is 239 g/mol. The van der Waals surface area contributed by atoms with Gasteiger partial charge in [0.15, 0.2) is 0 Å². The zero-order valence-corrected chi connectivity index (χ0v) is 11.4. The molecule has 1 heteroatoms. The molecule has 0 fully saturated rings. The third-order valence-corrected chi connectivity index (χ3v) is 3.74. The molecule has 0 heterocycles. The molecule has 2 aromatic rings. The number of nitrogens with two attached hydrogens (primary N) is 1. The van der Waals surface area contributed by atoms with Crippen molar-refractivity contribution < 1.29 is 0 Å². The molecule has 0 saturated heterocycles. The van der Waals surface area contributed by atoms with Crippen LogP contribution in [0.1, 0.15) is 41.1 Å². The standard InChI is InChI=1S/C17H21N/c1-12-8-7-9-13(2)16(12)17(18)14(3)15-10-5-4-6-11-15/h4-11,14,17H,18H2,1-3H3. The predicted molar refractivity (Wildman–Crippen MR) is 77.7 cm³/mol. The fraction of sp³-hybridized carbons (Fsp3) is 0.294. The van der Waals surface area contributed by atoms with Crippen molar-refractivity contribution in [3.05, 3.63) is 70.8 Å². The number of aryl methyl sites for hydroxylation is 2. The van der Waals surface area contributed by atoms with Crippen LogP contribution in [0.25, 0.3) is 0 Å². The Hall–Kier alpha value is -1.60. The largest absolute Gasteiger partial charge is 0.323 e. The van der Waals surface area contributed by atoms with Crippen molar-refractivity contribution in [2.24, 2.45) is 5.73 Å². The van der Waals surface area contributed by atoms with E-state index in [1.807, 2.05) is 6.07 Å². The van der Waals surface area contributed by atoms with Crippen LogP contribution in [0, 0.1) is 13.8 Å². The van der Waals surface area contributed by atoms with Crippen LogP contribution in [0.2, 0.25) is 0 Å². The second kappa shape index (κ2) is 5.36. The maximum absolute atomic E-state index is 6.47. The molecular weight excluding hydrogens is 218 g/mol. The lowest BCUT2D eigenvalue weighted by atomic mass is 9.85. The zero-order chi connectivity index (χ0) is 13.1. The van der Waals surface area contributed by atoms with Gasteiger partial charge in [-0.15, -0.1) is 0 Å². The summed E-state index contributed by atoms with van der Waals surface area (Å²) in [6.07, 6.45) is 0. The highest BCUT2D eigenvalue weighted by atomic mass is 14.7. The Labute approximate surface area is 110 Å². The smallest absolute Gasteiger partial charge is 0.0367 e. The molecule has 1 nitrogen and oxygen atoms in total. The normalized spacial score (nSPS) is 14.2. The van der Waals surface area contributed by atoms with Gasteiger partial charge in [-0.3, -0.25) is 0 Å². The molecule has 0 aromatic heterocycles. The zero-order valence-electron chi connectivity index (χ0n) is 11.4. The van der Waals surface area contributed by atoms with Gasteiger partial charge in [-0.05, 0) is 36.1 Å². The lowest BCUT2D eigenvalue weighted by molar-refractivity contribution is 0.592. The molecule has 2 aromatic carbocycles. The first-order valence-corrected chi connectivity index (χ1v) is 6.48. The average molecular weight is 239 g/mol. The maximum Gasteiger partial charge on any atom is 0.0367 e. The Bertz CT molecular complexity index is 496. The SMILES string of the molecule is Cc1cccc(C)c1C(N)C(C)c1ccccc1. The molecule has 0 amide bonds. The van der Waals surface area contributed by atoms with Gasteiger partial charge in [0.1, 0.15) is 0 Å². The molecule has 18 heavy (non-hydrogen) atoms. The number of rotatable bonds is 3. The van der Waals surface area contributed by atoms with Crippen LogP contribution in [0.3, 0.4) is 0 Å². The molecule has 2 rings (SSSR count). The summed E-state index contributed by atoms with van der Waals surface area (Å²) in [6.45, 7) is 6.48. The summed E-state index contributed by atoms with van der Waals surface area (Å²) in [6, 6.07) is 16.9. The summed E-state index contributed by atoms with van der Waals surface area (Å²) in [7, 11) is 0. The average Bonchev–Trinajstić information content (AvgIpc) is 2.38. The summed E-state index contributed by atoms with van der Waals surface area (Å²) in [5.74, 6) is 0.325. The summed E-state index contributed by atoms with van der Waals surface area (Å²) < 4.78 is 0. The molecule has 0 saturated carbocycles. The van der Waals surface area contributed by atoms with E-state index in [-0.39, 0.29) is 6.04 Å². The van der Waals surface area contributed by atoms with Gasteiger partial charge in [-0.1, -0.05) is 55.5 Å². The molecule has 94 valence electrons. The lowest BCUT2D eigenvalue weighted by Gasteiger charge is -2.24. The van der Waals surface area contributed by atoms with Crippen LogP contribution in [-0.2, 0) is 0 Å². The van der Waals surface area contributed by atoms with E-state index in [2.05, 4.69) is 63.2 Å². The molecule has 0 aliphatic rings. The maximum atomic E-state index is 6.47. The van der Waals surface area contributed by atoms with E-state index in [0.29, 0.717) is 5.92 Å². The first kappa shape index (κ1) is 12.8. The molecule has 0 aliphatic carbocycles. The Morgan fingerprint density at radius 1 is 0.833 bits per heavy atom. The summed E-state index contributed by atoms with van der Waals surface area (Å²) in [5.41, 5.74) is 11.6. The van der Waals surface area contributed by atoms with E-state index in [9.17, 15) is 0 Å². The van der Waals surface area contributed by atoms with E-state index in [4.69, 9.17) is 5.73 Å². The minimum atomic E-state index is 0.0496. The molecule has 0 radical (unpaired) electrons. The number of hydrogen-bond donors (Lipinski definition) is 1. The van der Waals surface area contributed by atoms with Crippen molar-refractivity contribution in [1.82, 2.24) is 0 Å². The Kier molecular flexibility index (Phi) is 3.83. The Balaban J connectivity index is 2.34. The van der Waals surface area contributed by atoms with Crippen molar-refractivity contribution in [2.75, 3.05) is 0 Å². The van der Waals surface area contributed by atoms with Crippen LogP contribution in [0.5, 0.6) is 0 Å². The fourth-order valence-corrected chi connectivity index (χ4v) is 2.57. The summed E-state index contributed by atoms with van der Waals surface area (Å²) >= 11 is 0. The van der Waals surface area contributed by atoms with E-state index in [1.54, 1.807) is 0 Å². The summed E-state index contributed by atoms with van der Waals surface area (Å²) in [4.78, 5) is 0. The van der Waals surface area contributed by atoms with Crippen LogP contribution >= 0.6 is 0 Å². The fourth-order valence-electron chi connectivity index (χ4n) is 2.57. The second-order valence-electron chi connectivity index (χ2n) is 5.03. The first-order valence-electron chi connectivity index (χ1n) is 6.48. The van der Waals surface area contributed by atoms with E-state index >= 15 is 0 Å². The van der Waals surface area contributed by atoms with Crippen LogP contribution in [0.4, 0.5) is 0 Å².